The summed E-state index contributed by atoms with van der Waals surface area (Å²) in [6.07, 6.45) is 0. The monoisotopic (exact) mass is 579 g/mol. The normalized spacial score (nSPS) is 10.7. The Morgan fingerprint density at radius 1 is 0.457 bits per heavy atom. The summed E-state index contributed by atoms with van der Waals surface area (Å²) in [7, 11) is 0. The zero-order chi connectivity index (χ0) is 24.2. The molecule has 0 saturated heterocycles. The molecule has 0 aliphatic rings. The molecule has 3 heteroatoms. The maximum absolute atomic E-state index is 6.12. The van der Waals surface area contributed by atoms with E-state index in [0.717, 1.165) is 20.0 Å². The van der Waals surface area contributed by atoms with Crippen LogP contribution in [0.25, 0.3) is 43.8 Å². The first kappa shape index (κ1) is 23.3. The van der Waals surface area contributed by atoms with Gasteiger partial charge in [-0.15, -0.1) is 0 Å². The van der Waals surface area contributed by atoms with Crippen LogP contribution in [-0.4, -0.2) is 0 Å². The van der Waals surface area contributed by atoms with Crippen LogP contribution in [0.4, 0.5) is 5.69 Å². The minimum atomic E-state index is 0.797. The summed E-state index contributed by atoms with van der Waals surface area (Å²) in [4.78, 5) is 0. The third-order valence-electron chi connectivity index (χ3n) is 6.03. The molecular formula is C32H23Br2N. The van der Waals surface area contributed by atoms with Gasteiger partial charge in [0.1, 0.15) is 0 Å². The molecule has 0 atom stereocenters. The molecule has 0 fully saturated rings. The van der Waals surface area contributed by atoms with Gasteiger partial charge in [-0.25, -0.2) is 0 Å². The van der Waals surface area contributed by atoms with Crippen molar-refractivity contribution in [3.05, 3.63) is 136 Å². The van der Waals surface area contributed by atoms with Gasteiger partial charge in [-0.2, -0.15) is 0 Å². The fourth-order valence-electron chi connectivity index (χ4n) is 4.35. The number of hydrogen-bond donors (Lipinski definition) is 1. The Kier molecular flexibility index (Phi) is 6.98. The molecule has 0 amide bonds. The van der Waals surface area contributed by atoms with Gasteiger partial charge in [-0.3, -0.25) is 0 Å². The Morgan fingerprint density at radius 3 is 1.57 bits per heavy atom. The van der Waals surface area contributed by atoms with Crippen molar-refractivity contribution in [3.63, 3.8) is 0 Å². The molecular weight excluding hydrogens is 558 g/mol. The van der Waals surface area contributed by atoms with E-state index in [2.05, 4.69) is 123 Å². The highest BCUT2D eigenvalue weighted by Crippen LogP contribution is 2.37. The van der Waals surface area contributed by atoms with Crippen LogP contribution in [0.1, 0.15) is 0 Å². The van der Waals surface area contributed by atoms with Gasteiger partial charge in [0.25, 0.3) is 0 Å². The standard InChI is InChI=1S/C16H12BrN.C16H11Br/c17-15-10-14(11-6-2-1-3-7-11)12-8-4-5-9-13(12)16(15)18;17-14-10-13-8-4-5-9-15(13)16(11-14)12-6-2-1-3-7-12/h1-10H,18H2;1-11H. The molecule has 6 aromatic carbocycles. The number of fused-ring (bicyclic) bond motifs is 2. The van der Waals surface area contributed by atoms with Crippen molar-refractivity contribution >= 4 is 59.1 Å². The highest BCUT2D eigenvalue weighted by Gasteiger charge is 2.09. The zero-order valence-corrected chi connectivity index (χ0v) is 22.1. The van der Waals surface area contributed by atoms with Crippen LogP contribution in [0.3, 0.4) is 0 Å². The van der Waals surface area contributed by atoms with E-state index in [0.29, 0.717) is 0 Å². The molecule has 1 nitrogen and oxygen atoms in total. The summed E-state index contributed by atoms with van der Waals surface area (Å²) in [6, 6.07) is 44.0. The lowest BCUT2D eigenvalue weighted by Gasteiger charge is -2.11. The second-order valence-corrected chi connectivity index (χ2v) is 10.0. The summed E-state index contributed by atoms with van der Waals surface area (Å²) >= 11 is 7.12. The van der Waals surface area contributed by atoms with Gasteiger partial charge in [-0.05, 0) is 72.5 Å². The summed E-state index contributed by atoms with van der Waals surface area (Å²) < 4.78 is 2.06. The number of hydrogen-bond acceptors (Lipinski definition) is 1. The lowest BCUT2D eigenvalue weighted by atomic mass is 9.97. The number of halogens is 2. The van der Waals surface area contributed by atoms with Crippen LogP contribution in [0.5, 0.6) is 0 Å². The first-order chi connectivity index (χ1) is 17.1. The van der Waals surface area contributed by atoms with E-state index in [1.807, 2.05) is 36.4 Å². The largest absolute Gasteiger partial charge is 0.397 e. The van der Waals surface area contributed by atoms with Crippen LogP contribution in [0.2, 0.25) is 0 Å². The van der Waals surface area contributed by atoms with Crippen molar-refractivity contribution < 1.29 is 0 Å². The Morgan fingerprint density at radius 2 is 0.943 bits per heavy atom. The Balaban J connectivity index is 0.000000145. The summed E-state index contributed by atoms with van der Waals surface area (Å²) in [5.74, 6) is 0. The quantitative estimate of drug-likeness (QED) is 0.202. The molecule has 0 heterocycles. The van der Waals surface area contributed by atoms with Crippen molar-refractivity contribution in [1.29, 1.82) is 0 Å². The minimum absolute atomic E-state index is 0.797. The Bertz CT molecular complexity index is 1610. The second-order valence-electron chi connectivity index (χ2n) is 8.27. The fraction of sp³-hybridized carbons (Fsp3) is 0. The molecule has 35 heavy (non-hydrogen) atoms. The summed E-state index contributed by atoms with van der Waals surface area (Å²) in [5.41, 5.74) is 11.8. The molecule has 0 saturated carbocycles. The van der Waals surface area contributed by atoms with Crippen LogP contribution in [0, 0.1) is 0 Å². The maximum atomic E-state index is 6.12. The summed E-state index contributed by atoms with van der Waals surface area (Å²) in [5, 5.41) is 4.83. The third kappa shape index (κ3) is 5.02. The van der Waals surface area contributed by atoms with Crippen LogP contribution < -0.4 is 5.73 Å². The molecule has 2 N–H and O–H groups in total. The van der Waals surface area contributed by atoms with Gasteiger partial charge >= 0.3 is 0 Å². The van der Waals surface area contributed by atoms with Crippen molar-refractivity contribution in [2.45, 2.75) is 0 Å². The molecule has 0 spiro atoms. The molecule has 0 aliphatic carbocycles. The lowest BCUT2D eigenvalue weighted by Crippen LogP contribution is -1.91. The highest BCUT2D eigenvalue weighted by molar-refractivity contribution is 9.10. The van der Waals surface area contributed by atoms with E-state index >= 15 is 0 Å². The van der Waals surface area contributed by atoms with Gasteiger partial charge in [0.05, 0.1) is 5.69 Å². The van der Waals surface area contributed by atoms with Crippen molar-refractivity contribution in [1.82, 2.24) is 0 Å². The van der Waals surface area contributed by atoms with E-state index in [-0.39, 0.29) is 0 Å². The number of benzene rings is 6. The van der Waals surface area contributed by atoms with E-state index in [9.17, 15) is 0 Å². The molecule has 6 aromatic rings. The average molecular weight is 581 g/mol. The number of nitrogens with two attached hydrogens (primary N) is 1. The van der Waals surface area contributed by atoms with Gasteiger partial charge in [-0.1, -0.05) is 125 Å². The first-order valence-electron chi connectivity index (χ1n) is 11.4. The Labute approximate surface area is 222 Å². The van der Waals surface area contributed by atoms with Crippen LogP contribution >= 0.6 is 31.9 Å². The molecule has 0 unspecified atom stereocenters. The van der Waals surface area contributed by atoms with Gasteiger partial charge in [0.2, 0.25) is 0 Å². The number of nitrogen functional groups attached to an aromatic ring is 1. The average Bonchev–Trinajstić information content (AvgIpc) is 2.91. The third-order valence-corrected chi connectivity index (χ3v) is 7.15. The van der Waals surface area contributed by atoms with E-state index in [4.69, 9.17) is 5.73 Å². The van der Waals surface area contributed by atoms with Crippen molar-refractivity contribution in [2.24, 2.45) is 0 Å². The first-order valence-corrected chi connectivity index (χ1v) is 13.0. The highest BCUT2D eigenvalue weighted by atomic mass is 79.9. The Hall–Kier alpha value is -3.40. The van der Waals surface area contributed by atoms with Gasteiger partial charge in [0, 0.05) is 14.3 Å². The molecule has 170 valence electrons. The number of rotatable bonds is 2. The molecule has 6 rings (SSSR count). The maximum Gasteiger partial charge on any atom is 0.0538 e. The summed E-state index contributed by atoms with van der Waals surface area (Å²) in [6.45, 7) is 0. The number of anilines is 1. The van der Waals surface area contributed by atoms with Crippen molar-refractivity contribution in [2.75, 3.05) is 5.73 Å². The zero-order valence-electron chi connectivity index (χ0n) is 19.0. The lowest BCUT2D eigenvalue weighted by molar-refractivity contribution is 1.62. The van der Waals surface area contributed by atoms with E-state index < -0.39 is 0 Å². The predicted octanol–water partition coefficient (Wildman–Crippen LogP) is 10.1. The van der Waals surface area contributed by atoms with Crippen molar-refractivity contribution in [3.8, 4) is 22.3 Å². The smallest absolute Gasteiger partial charge is 0.0538 e. The molecule has 0 radical (unpaired) electrons. The van der Waals surface area contributed by atoms with E-state index in [1.54, 1.807) is 0 Å². The van der Waals surface area contributed by atoms with E-state index in [1.165, 1.54) is 38.4 Å². The van der Waals surface area contributed by atoms with Crippen LogP contribution in [-0.2, 0) is 0 Å². The molecule has 0 aliphatic heterocycles. The predicted molar refractivity (Wildman–Crippen MR) is 159 cm³/mol. The molecule has 0 aromatic heterocycles. The molecule has 0 bridgehead atoms. The van der Waals surface area contributed by atoms with Crippen LogP contribution in [0.15, 0.2) is 136 Å². The minimum Gasteiger partial charge on any atom is -0.397 e. The topological polar surface area (TPSA) is 26.0 Å². The fourth-order valence-corrected chi connectivity index (χ4v) is 5.27. The van der Waals surface area contributed by atoms with Gasteiger partial charge in [0.15, 0.2) is 0 Å². The van der Waals surface area contributed by atoms with Gasteiger partial charge < -0.3 is 5.73 Å². The SMILES string of the molecule is Brc1cc(-c2ccccc2)c2ccccc2c1.Nc1c(Br)cc(-c2ccccc2)c2ccccc12. The second kappa shape index (κ2) is 10.5.